The molecule has 14 heteroatoms. The number of benzene rings is 1. The van der Waals surface area contributed by atoms with Crippen LogP contribution in [0.4, 0.5) is 17.2 Å². The lowest BCUT2D eigenvalue weighted by Gasteiger charge is -2.08. The molecular formula is C12H8N6O7S. The molecule has 0 radical (unpaired) electrons. The molecule has 2 rings (SSSR count). The van der Waals surface area contributed by atoms with Gasteiger partial charge in [0.1, 0.15) is 0 Å². The van der Waals surface area contributed by atoms with E-state index >= 15 is 0 Å². The fourth-order valence-corrected chi connectivity index (χ4v) is 2.27. The third-order valence-electron chi connectivity index (χ3n) is 2.86. The van der Waals surface area contributed by atoms with Gasteiger partial charge in [-0.15, -0.1) is 0 Å². The second-order valence-electron chi connectivity index (χ2n) is 4.73. The lowest BCUT2D eigenvalue weighted by molar-refractivity contribution is -0.387. The Balaban J connectivity index is 2.73. The van der Waals surface area contributed by atoms with E-state index in [1.54, 1.807) is 6.07 Å². The van der Waals surface area contributed by atoms with E-state index < -0.39 is 53.7 Å². The van der Waals surface area contributed by atoms with Gasteiger partial charge >= 0.3 is 17.3 Å². The Hall–Kier alpha value is -3.86. The number of nitrogen functional groups attached to an aromatic ring is 1. The summed E-state index contributed by atoms with van der Waals surface area (Å²) in [7, 11) is -4.01. The number of ether oxygens (including phenoxy) is 1. The van der Waals surface area contributed by atoms with Crippen LogP contribution in [-0.4, -0.2) is 34.5 Å². The number of aromatic nitrogens is 2. The average molecular weight is 380 g/mol. The zero-order valence-corrected chi connectivity index (χ0v) is 13.6. The molecule has 1 aromatic carbocycles. The van der Waals surface area contributed by atoms with Crippen LogP contribution in [0.3, 0.4) is 0 Å². The molecule has 134 valence electrons. The van der Waals surface area contributed by atoms with Crippen molar-refractivity contribution in [2.24, 2.45) is 0 Å². The summed E-state index contributed by atoms with van der Waals surface area (Å²) >= 11 is 0. The Labute approximate surface area is 144 Å². The van der Waals surface area contributed by atoms with Crippen LogP contribution in [0.25, 0.3) is 0 Å². The SMILES string of the molecule is CS(=O)(=O)c1nc(N)c([N+](=O)[O-])c(Oc2cc(C#N)ccc2[N+](=O)[O-])n1. The minimum Gasteiger partial charge on any atom is -0.426 e. The quantitative estimate of drug-likeness (QED) is 0.438. The maximum atomic E-state index is 11.6. The van der Waals surface area contributed by atoms with E-state index in [1.807, 2.05) is 0 Å². The Morgan fingerprint density at radius 3 is 2.38 bits per heavy atom. The summed E-state index contributed by atoms with van der Waals surface area (Å²) in [6, 6.07) is 4.74. The van der Waals surface area contributed by atoms with Crippen LogP contribution in [0, 0.1) is 31.6 Å². The van der Waals surface area contributed by atoms with Crippen molar-refractivity contribution in [1.29, 1.82) is 5.26 Å². The third kappa shape index (κ3) is 3.62. The number of anilines is 1. The van der Waals surface area contributed by atoms with Crippen molar-refractivity contribution in [1.82, 2.24) is 9.97 Å². The maximum Gasteiger partial charge on any atom is 0.373 e. The number of sulfone groups is 1. The highest BCUT2D eigenvalue weighted by Crippen LogP contribution is 2.37. The first-order chi connectivity index (χ1) is 12.0. The van der Waals surface area contributed by atoms with Crippen LogP contribution in [-0.2, 0) is 9.84 Å². The van der Waals surface area contributed by atoms with Gasteiger partial charge in [0.05, 0.1) is 21.5 Å². The first-order valence-electron chi connectivity index (χ1n) is 6.43. The van der Waals surface area contributed by atoms with Gasteiger partial charge in [-0.3, -0.25) is 20.2 Å². The summed E-state index contributed by atoms with van der Waals surface area (Å²) in [5, 5.41) is 30.3. The molecule has 1 aromatic heterocycles. The van der Waals surface area contributed by atoms with Gasteiger partial charge in [-0.05, 0) is 6.07 Å². The van der Waals surface area contributed by atoms with E-state index in [0.29, 0.717) is 0 Å². The summed E-state index contributed by atoms with van der Waals surface area (Å²) in [6.07, 6.45) is 0.732. The van der Waals surface area contributed by atoms with Crippen LogP contribution < -0.4 is 10.5 Å². The van der Waals surface area contributed by atoms with Gasteiger partial charge in [-0.1, -0.05) is 0 Å². The number of rotatable bonds is 5. The normalized spacial score (nSPS) is 10.8. The third-order valence-corrected chi connectivity index (χ3v) is 3.71. The van der Waals surface area contributed by atoms with Crippen molar-refractivity contribution in [2.75, 3.05) is 12.0 Å². The number of hydrogen-bond donors (Lipinski definition) is 1. The molecule has 0 saturated heterocycles. The number of nitrogens with zero attached hydrogens (tertiary/aromatic N) is 5. The minimum absolute atomic E-state index is 0.0429. The molecule has 0 bridgehead atoms. The second-order valence-corrected chi connectivity index (χ2v) is 6.64. The van der Waals surface area contributed by atoms with Gasteiger partial charge in [-0.2, -0.15) is 15.2 Å². The van der Waals surface area contributed by atoms with Crippen molar-refractivity contribution in [3.05, 3.63) is 44.0 Å². The highest BCUT2D eigenvalue weighted by atomic mass is 32.2. The monoisotopic (exact) mass is 380 g/mol. The van der Waals surface area contributed by atoms with E-state index in [-0.39, 0.29) is 5.56 Å². The predicted molar refractivity (Wildman–Crippen MR) is 84.1 cm³/mol. The van der Waals surface area contributed by atoms with Gasteiger partial charge < -0.3 is 10.5 Å². The fourth-order valence-electron chi connectivity index (χ4n) is 1.76. The van der Waals surface area contributed by atoms with E-state index in [4.69, 9.17) is 15.7 Å². The predicted octanol–water partition coefficient (Wildman–Crippen LogP) is 0.943. The summed E-state index contributed by atoms with van der Waals surface area (Å²) in [4.78, 5) is 27.1. The Morgan fingerprint density at radius 2 is 1.88 bits per heavy atom. The summed E-state index contributed by atoms with van der Waals surface area (Å²) in [5.41, 5.74) is 3.75. The van der Waals surface area contributed by atoms with Crippen LogP contribution in [0.2, 0.25) is 0 Å². The van der Waals surface area contributed by atoms with Gasteiger partial charge in [0.15, 0.2) is 0 Å². The molecule has 1 heterocycles. The zero-order chi connectivity index (χ0) is 19.6. The highest BCUT2D eigenvalue weighted by Gasteiger charge is 2.30. The topological polar surface area (TPSA) is 205 Å². The van der Waals surface area contributed by atoms with Crippen molar-refractivity contribution < 1.29 is 23.0 Å². The largest absolute Gasteiger partial charge is 0.426 e. The molecule has 13 nitrogen and oxygen atoms in total. The van der Waals surface area contributed by atoms with Gasteiger partial charge in [0, 0.05) is 18.4 Å². The Morgan fingerprint density at radius 1 is 1.23 bits per heavy atom. The summed E-state index contributed by atoms with van der Waals surface area (Å²) < 4.78 is 28.3. The number of nitro benzene ring substituents is 1. The van der Waals surface area contributed by atoms with Crippen molar-refractivity contribution >= 4 is 27.0 Å². The molecule has 0 fully saturated rings. The minimum atomic E-state index is -4.01. The first kappa shape index (κ1) is 18.5. The molecule has 2 aromatic rings. The molecule has 0 atom stereocenters. The van der Waals surface area contributed by atoms with E-state index in [9.17, 15) is 28.6 Å². The maximum absolute atomic E-state index is 11.6. The molecule has 0 amide bonds. The number of nitro groups is 2. The van der Waals surface area contributed by atoms with Crippen LogP contribution in [0.15, 0.2) is 23.4 Å². The number of nitriles is 1. The Bertz CT molecular complexity index is 1080. The molecule has 0 aliphatic heterocycles. The highest BCUT2D eigenvalue weighted by molar-refractivity contribution is 7.90. The Kier molecular flexibility index (Phi) is 4.67. The summed E-state index contributed by atoms with van der Waals surface area (Å²) in [6.45, 7) is 0. The lowest BCUT2D eigenvalue weighted by Crippen LogP contribution is -2.10. The number of nitrogens with two attached hydrogens (primary N) is 1. The molecular weight excluding hydrogens is 372 g/mol. The second kappa shape index (κ2) is 6.57. The van der Waals surface area contributed by atoms with Crippen LogP contribution in [0.1, 0.15) is 5.56 Å². The van der Waals surface area contributed by atoms with Crippen molar-refractivity contribution in [3.8, 4) is 17.7 Å². The molecule has 26 heavy (non-hydrogen) atoms. The smallest absolute Gasteiger partial charge is 0.373 e. The number of hydrogen-bond acceptors (Lipinski definition) is 11. The molecule has 0 unspecified atom stereocenters. The van der Waals surface area contributed by atoms with Crippen molar-refractivity contribution in [2.45, 2.75) is 5.16 Å². The molecule has 0 aliphatic rings. The van der Waals surface area contributed by atoms with Crippen LogP contribution >= 0.6 is 0 Å². The average Bonchev–Trinajstić information content (AvgIpc) is 2.52. The van der Waals surface area contributed by atoms with Crippen molar-refractivity contribution in [3.63, 3.8) is 0 Å². The zero-order valence-electron chi connectivity index (χ0n) is 12.8. The lowest BCUT2D eigenvalue weighted by atomic mass is 10.2. The molecule has 0 saturated carbocycles. The van der Waals surface area contributed by atoms with E-state index in [2.05, 4.69) is 9.97 Å². The van der Waals surface area contributed by atoms with Gasteiger partial charge in [0.2, 0.25) is 21.4 Å². The molecule has 0 spiro atoms. The summed E-state index contributed by atoms with van der Waals surface area (Å²) in [5.74, 6) is -2.28. The van der Waals surface area contributed by atoms with E-state index in [0.717, 1.165) is 24.5 Å². The van der Waals surface area contributed by atoms with Crippen LogP contribution in [0.5, 0.6) is 11.6 Å². The molecule has 2 N–H and O–H groups in total. The van der Waals surface area contributed by atoms with Gasteiger partial charge in [-0.25, -0.2) is 8.42 Å². The van der Waals surface area contributed by atoms with Gasteiger partial charge in [0.25, 0.3) is 5.16 Å². The van der Waals surface area contributed by atoms with E-state index in [1.165, 1.54) is 0 Å². The standard InChI is InChI=1S/C12H8N6O7S/c1-26(23,24)12-15-10(14)9(18(21)22)11(16-12)25-8-4-6(5-13)2-3-7(8)17(19)20/h2-4H,1H3,(H2,14,15,16). The molecule has 0 aliphatic carbocycles. The fraction of sp³-hybridized carbons (Fsp3) is 0.0833. The first-order valence-corrected chi connectivity index (χ1v) is 8.32.